The largest absolute Gasteiger partial charge is 0.390 e. The van der Waals surface area contributed by atoms with Crippen molar-refractivity contribution in [2.24, 2.45) is 0 Å². The summed E-state index contributed by atoms with van der Waals surface area (Å²) in [5.74, 6) is 1.98. The van der Waals surface area contributed by atoms with Gasteiger partial charge in [0.1, 0.15) is 0 Å². The third-order valence-corrected chi connectivity index (χ3v) is 4.90. The normalized spacial score (nSPS) is 24.8. The molecule has 3 rings (SSSR count). The summed E-state index contributed by atoms with van der Waals surface area (Å²) in [6, 6.07) is 6.69. The van der Waals surface area contributed by atoms with Crippen LogP contribution in [0.25, 0.3) is 0 Å². The molecule has 0 aromatic heterocycles. The number of aryl methyl sites for hydroxylation is 2. The van der Waals surface area contributed by atoms with Crippen LogP contribution in [0.2, 0.25) is 0 Å². The van der Waals surface area contributed by atoms with Crippen LogP contribution in [-0.2, 0) is 24.0 Å². The van der Waals surface area contributed by atoms with Crippen molar-refractivity contribution in [3.05, 3.63) is 34.9 Å². The van der Waals surface area contributed by atoms with Gasteiger partial charge in [0, 0.05) is 17.9 Å². The molecular formula is C15H20O2S. The van der Waals surface area contributed by atoms with Crippen LogP contribution >= 0.6 is 11.8 Å². The summed E-state index contributed by atoms with van der Waals surface area (Å²) in [5, 5.41) is 10.2. The molecule has 3 heteroatoms. The van der Waals surface area contributed by atoms with Crippen molar-refractivity contribution in [3.8, 4) is 0 Å². The quantitative estimate of drug-likeness (QED) is 0.907. The monoisotopic (exact) mass is 264 g/mol. The van der Waals surface area contributed by atoms with E-state index in [0.29, 0.717) is 0 Å². The van der Waals surface area contributed by atoms with Crippen LogP contribution < -0.4 is 0 Å². The van der Waals surface area contributed by atoms with E-state index in [1.807, 2.05) is 11.8 Å². The van der Waals surface area contributed by atoms with Gasteiger partial charge in [0.15, 0.2) is 0 Å². The van der Waals surface area contributed by atoms with Gasteiger partial charge < -0.3 is 9.84 Å². The van der Waals surface area contributed by atoms with Crippen molar-refractivity contribution in [3.63, 3.8) is 0 Å². The van der Waals surface area contributed by atoms with Gasteiger partial charge in [-0.05, 0) is 36.0 Å². The molecule has 1 saturated heterocycles. The molecule has 1 heterocycles. The molecule has 2 nitrogen and oxygen atoms in total. The van der Waals surface area contributed by atoms with Crippen LogP contribution in [0.15, 0.2) is 18.2 Å². The van der Waals surface area contributed by atoms with E-state index in [1.165, 1.54) is 36.0 Å². The van der Waals surface area contributed by atoms with Gasteiger partial charge in [0.05, 0.1) is 18.8 Å². The zero-order valence-corrected chi connectivity index (χ0v) is 11.4. The van der Waals surface area contributed by atoms with Crippen LogP contribution in [0, 0.1) is 0 Å². The van der Waals surface area contributed by atoms with Gasteiger partial charge in [-0.3, -0.25) is 0 Å². The molecule has 1 aliphatic carbocycles. The summed E-state index contributed by atoms with van der Waals surface area (Å²) in [6.07, 6.45) is 4.08. The Kier molecular flexibility index (Phi) is 3.92. The standard InChI is InChI=1S/C15H20O2S/c16-14(15-10-18-7-6-17-15)9-11-4-5-12-2-1-3-13(12)8-11/h4-5,8,14-16H,1-3,6-7,9-10H2. The van der Waals surface area contributed by atoms with E-state index < -0.39 is 0 Å². The van der Waals surface area contributed by atoms with E-state index in [0.717, 1.165) is 24.5 Å². The van der Waals surface area contributed by atoms with E-state index in [9.17, 15) is 5.11 Å². The zero-order valence-electron chi connectivity index (χ0n) is 10.6. The summed E-state index contributed by atoms with van der Waals surface area (Å²) >= 11 is 1.88. The Hall–Kier alpha value is -0.510. The Labute approximate surface area is 113 Å². The molecule has 0 spiro atoms. The highest BCUT2D eigenvalue weighted by Gasteiger charge is 2.23. The van der Waals surface area contributed by atoms with E-state index in [1.54, 1.807) is 0 Å². The lowest BCUT2D eigenvalue weighted by Gasteiger charge is -2.26. The van der Waals surface area contributed by atoms with Crippen molar-refractivity contribution in [2.75, 3.05) is 18.1 Å². The Morgan fingerprint density at radius 1 is 1.33 bits per heavy atom. The highest BCUT2D eigenvalue weighted by atomic mass is 32.2. The second-order valence-corrected chi connectivity index (χ2v) is 6.36. The Bertz CT molecular complexity index is 413. The molecule has 18 heavy (non-hydrogen) atoms. The Morgan fingerprint density at radius 2 is 2.22 bits per heavy atom. The van der Waals surface area contributed by atoms with Crippen LogP contribution in [0.1, 0.15) is 23.1 Å². The van der Waals surface area contributed by atoms with Gasteiger partial charge in [-0.25, -0.2) is 0 Å². The number of hydrogen-bond acceptors (Lipinski definition) is 3. The van der Waals surface area contributed by atoms with Gasteiger partial charge >= 0.3 is 0 Å². The predicted octanol–water partition coefficient (Wildman–Crippen LogP) is 2.21. The maximum atomic E-state index is 10.2. The highest BCUT2D eigenvalue weighted by molar-refractivity contribution is 7.99. The van der Waals surface area contributed by atoms with Crippen LogP contribution in [0.3, 0.4) is 0 Å². The number of hydrogen-bond donors (Lipinski definition) is 1. The minimum absolute atomic E-state index is 0.0111. The third kappa shape index (κ3) is 2.73. The maximum Gasteiger partial charge on any atom is 0.0927 e. The second-order valence-electron chi connectivity index (χ2n) is 5.21. The molecule has 1 aliphatic heterocycles. The van der Waals surface area contributed by atoms with Gasteiger partial charge in [-0.15, -0.1) is 0 Å². The number of benzene rings is 1. The van der Waals surface area contributed by atoms with Crippen LogP contribution in [0.4, 0.5) is 0 Å². The lowest BCUT2D eigenvalue weighted by atomic mass is 10.00. The van der Waals surface area contributed by atoms with E-state index in [4.69, 9.17) is 4.74 Å². The third-order valence-electron chi connectivity index (χ3n) is 3.88. The molecule has 0 saturated carbocycles. The average Bonchev–Trinajstić information content (AvgIpc) is 2.87. The number of rotatable bonds is 3. The van der Waals surface area contributed by atoms with Gasteiger partial charge in [-0.2, -0.15) is 11.8 Å². The Morgan fingerprint density at radius 3 is 3.06 bits per heavy atom. The number of aliphatic hydroxyl groups is 1. The summed E-state index contributed by atoms with van der Waals surface area (Å²) in [5.41, 5.74) is 4.23. The SMILES string of the molecule is OC(Cc1ccc2c(c1)CCC2)C1CSCCO1. The molecular weight excluding hydrogens is 244 g/mol. The summed E-state index contributed by atoms with van der Waals surface area (Å²) < 4.78 is 5.63. The van der Waals surface area contributed by atoms with Crippen molar-refractivity contribution in [2.45, 2.75) is 37.9 Å². The lowest BCUT2D eigenvalue weighted by Crippen LogP contribution is -2.36. The number of fused-ring (bicyclic) bond motifs is 1. The molecule has 1 aromatic rings. The number of thioether (sulfide) groups is 1. The second kappa shape index (κ2) is 5.64. The fourth-order valence-corrected chi connectivity index (χ4v) is 3.78. The van der Waals surface area contributed by atoms with Crippen LogP contribution in [-0.4, -0.2) is 35.4 Å². The number of aliphatic hydroxyl groups excluding tert-OH is 1. The molecule has 0 bridgehead atoms. The molecule has 0 amide bonds. The molecule has 2 unspecified atom stereocenters. The smallest absolute Gasteiger partial charge is 0.0927 e. The van der Waals surface area contributed by atoms with Crippen molar-refractivity contribution in [1.82, 2.24) is 0 Å². The van der Waals surface area contributed by atoms with Gasteiger partial charge in [-0.1, -0.05) is 18.2 Å². The van der Waals surface area contributed by atoms with Gasteiger partial charge in [0.25, 0.3) is 0 Å². The van der Waals surface area contributed by atoms with Crippen molar-refractivity contribution >= 4 is 11.8 Å². The molecule has 1 aromatic carbocycles. The molecule has 0 radical (unpaired) electrons. The fraction of sp³-hybridized carbons (Fsp3) is 0.600. The first kappa shape index (κ1) is 12.5. The molecule has 1 fully saturated rings. The molecule has 1 N–H and O–H groups in total. The topological polar surface area (TPSA) is 29.5 Å². The lowest BCUT2D eigenvalue weighted by molar-refractivity contribution is -0.0207. The minimum atomic E-state index is -0.364. The Balaban J connectivity index is 1.64. The summed E-state index contributed by atoms with van der Waals surface area (Å²) in [6.45, 7) is 0.774. The summed E-state index contributed by atoms with van der Waals surface area (Å²) in [7, 11) is 0. The zero-order chi connectivity index (χ0) is 12.4. The van der Waals surface area contributed by atoms with Crippen LogP contribution in [0.5, 0.6) is 0 Å². The molecule has 2 aliphatic rings. The van der Waals surface area contributed by atoms with E-state index >= 15 is 0 Å². The predicted molar refractivity (Wildman–Crippen MR) is 75.2 cm³/mol. The van der Waals surface area contributed by atoms with Crippen molar-refractivity contribution in [1.29, 1.82) is 0 Å². The fourth-order valence-electron chi connectivity index (χ4n) is 2.85. The summed E-state index contributed by atoms with van der Waals surface area (Å²) in [4.78, 5) is 0. The minimum Gasteiger partial charge on any atom is -0.390 e. The average molecular weight is 264 g/mol. The highest BCUT2D eigenvalue weighted by Crippen LogP contribution is 2.24. The van der Waals surface area contributed by atoms with E-state index in [-0.39, 0.29) is 12.2 Å². The first-order valence-corrected chi connectivity index (χ1v) is 7.96. The van der Waals surface area contributed by atoms with Crippen molar-refractivity contribution < 1.29 is 9.84 Å². The molecule has 98 valence electrons. The number of ether oxygens (including phenoxy) is 1. The first-order valence-electron chi connectivity index (χ1n) is 6.81. The van der Waals surface area contributed by atoms with Gasteiger partial charge in [0.2, 0.25) is 0 Å². The van der Waals surface area contributed by atoms with E-state index in [2.05, 4.69) is 18.2 Å². The maximum absolute atomic E-state index is 10.2. The first-order chi connectivity index (χ1) is 8.83. The molecule has 2 atom stereocenters.